The maximum absolute atomic E-state index is 11.5. The minimum Gasteiger partial charge on any atom is -0.481 e. The van der Waals surface area contributed by atoms with E-state index in [2.05, 4.69) is 17.1 Å². The summed E-state index contributed by atoms with van der Waals surface area (Å²) in [7, 11) is 0. The summed E-state index contributed by atoms with van der Waals surface area (Å²) in [6.45, 7) is 4.77. The fourth-order valence-corrected chi connectivity index (χ4v) is 3.58. The molecule has 0 aromatic carbocycles. The highest BCUT2D eigenvalue weighted by Gasteiger charge is 2.43. The lowest BCUT2D eigenvalue weighted by Crippen LogP contribution is -2.22. The third-order valence-corrected chi connectivity index (χ3v) is 5.01. The predicted octanol–water partition coefficient (Wildman–Crippen LogP) is 2.70. The van der Waals surface area contributed by atoms with Crippen molar-refractivity contribution >= 4 is 5.97 Å². The zero-order valence-electron chi connectivity index (χ0n) is 12.5. The van der Waals surface area contributed by atoms with E-state index in [1.54, 1.807) is 0 Å². The van der Waals surface area contributed by atoms with Crippen molar-refractivity contribution in [1.29, 1.82) is 0 Å². The Morgan fingerprint density at radius 3 is 2.90 bits per heavy atom. The number of rotatable bonds is 4. The number of nitrogens with zero attached hydrogens (tertiary/aromatic N) is 2. The molecule has 1 aromatic rings. The van der Waals surface area contributed by atoms with Crippen LogP contribution < -0.4 is 0 Å². The van der Waals surface area contributed by atoms with Crippen LogP contribution in [0.5, 0.6) is 0 Å². The van der Waals surface area contributed by atoms with Gasteiger partial charge < -0.3 is 14.4 Å². The Morgan fingerprint density at radius 2 is 2.29 bits per heavy atom. The molecule has 0 bridgehead atoms. The molecule has 6 heteroatoms. The van der Waals surface area contributed by atoms with Crippen molar-refractivity contribution in [2.45, 2.75) is 57.5 Å². The normalized spacial score (nSPS) is 36.2. The summed E-state index contributed by atoms with van der Waals surface area (Å²) in [5, 5.41) is 13.5. The molecule has 1 aliphatic carbocycles. The standard InChI is InChI=1S/C15H22N2O4/c1-3-9-7-10(11(8-9)13(18)19)12-16-14(17-21-12)15(2)5-4-6-20-15/h9-11H,3-8H2,1-2H3,(H,18,19). The third kappa shape index (κ3) is 2.57. The number of aliphatic carboxylic acids is 1. The zero-order valence-corrected chi connectivity index (χ0v) is 12.5. The van der Waals surface area contributed by atoms with Crippen LogP contribution in [0.2, 0.25) is 0 Å². The van der Waals surface area contributed by atoms with E-state index in [0.29, 0.717) is 30.7 Å². The predicted molar refractivity (Wildman–Crippen MR) is 73.7 cm³/mol. The van der Waals surface area contributed by atoms with Crippen LogP contribution in [-0.2, 0) is 15.1 Å². The van der Waals surface area contributed by atoms with E-state index < -0.39 is 17.5 Å². The Labute approximate surface area is 123 Å². The smallest absolute Gasteiger partial charge is 0.307 e. The van der Waals surface area contributed by atoms with Gasteiger partial charge in [0, 0.05) is 6.61 Å². The van der Waals surface area contributed by atoms with Crippen LogP contribution in [0.3, 0.4) is 0 Å². The molecule has 0 radical (unpaired) electrons. The van der Waals surface area contributed by atoms with Gasteiger partial charge in [-0.2, -0.15) is 4.98 Å². The molecular weight excluding hydrogens is 272 g/mol. The highest BCUT2D eigenvalue weighted by atomic mass is 16.5. The molecule has 6 nitrogen and oxygen atoms in total. The molecule has 3 rings (SSSR count). The Balaban J connectivity index is 1.83. The van der Waals surface area contributed by atoms with E-state index >= 15 is 0 Å². The van der Waals surface area contributed by atoms with Crippen molar-refractivity contribution in [2.24, 2.45) is 11.8 Å². The van der Waals surface area contributed by atoms with Crippen molar-refractivity contribution in [1.82, 2.24) is 10.1 Å². The summed E-state index contributed by atoms with van der Waals surface area (Å²) in [6, 6.07) is 0. The maximum Gasteiger partial charge on any atom is 0.307 e. The molecule has 4 unspecified atom stereocenters. The van der Waals surface area contributed by atoms with Crippen LogP contribution in [0.15, 0.2) is 4.52 Å². The van der Waals surface area contributed by atoms with Crippen LogP contribution in [0.4, 0.5) is 0 Å². The molecule has 21 heavy (non-hydrogen) atoms. The number of hydrogen-bond donors (Lipinski definition) is 1. The second-order valence-electron chi connectivity index (χ2n) is 6.44. The molecule has 0 spiro atoms. The molecule has 1 aliphatic heterocycles. The van der Waals surface area contributed by atoms with E-state index in [4.69, 9.17) is 9.26 Å². The first-order chi connectivity index (χ1) is 10.0. The topological polar surface area (TPSA) is 85.5 Å². The van der Waals surface area contributed by atoms with Gasteiger partial charge in [-0.25, -0.2) is 0 Å². The quantitative estimate of drug-likeness (QED) is 0.919. The monoisotopic (exact) mass is 294 g/mol. The first-order valence-electron chi connectivity index (χ1n) is 7.74. The fourth-order valence-electron chi connectivity index (χ4n) is 3.58. The Morgan fingerprint density at radius 1 is 1.48 bits per heavy atom. The van der Waals surface area contributed by atoms with Crippen molar-refractivity contribution in [2.75, 3.05) is 6.61 Å². The largest absolute Gasteiger partial charge is 0.481 e. The highest BCUT2D eigenvalue weighted by Crippen LogP contribution is 2.44. The third-order valence-electron chi connectivity index (χ3n) is 5.01. The number of ether oxygens (including phenoxy) is 1. The Kier molecular flexibility index (Phi) is 3.73. The SMILES string of the molecule is CCC1CC(C(=O)O)C(c2nc(C3(C)CCCO3)no2)C1. The molecule has 1 aromatic heterocycles. The van der Waals surface area contributed by atoms with Crippen molar-refractivity contribution < 1.29 is 19.2 Å². The molecular formula is C15H22N2O4. The van der Waals surface area contributed by atoms with Crippen LogP contribution in [0.1, 0.15) is 63.6 Å². The molecule has 2 heterocycles. The maximum atomic E-state index is 11.5. The van der Waals surface area contributed by atoms with Gasteiger partial charge in [0.1, 0.15) is 5.60 Å². The molecule has 2 aliphatic rings. The van der Waals surface area contributed by atoms with Gasteiger partial charge in [0.15, 0.2) is 0 Å². The van der Waals surface area contributed by atoms with E-state index in [-0.39, 0.29) is 5.92 Å². The lowest BCUT2D eigenvalue weighted by atomic mass is 9.96. The summed E-state index contributed by atoms with van der Waals surface area (Å²) in [5.41, 5.74) is -0.483. The summed E-state index contributed by atoms with van der Waals surface area (Å²) in [5.74, 6) is 0.0900. The number of carboxylic acid groups (broad SMARTS) is 1. The Hall–Kier alpha value is -1.43. The van der Waals surface area contributed by atoms with E-state index in [1.165, 1.54) is 0 Å². The lowest BCUT2D eigenvalue weighted by molar-refractivity contribution is -0.142. The average molecular weight is 294 g/mol. The van der Waals surface area contributed by atoms with E-state index in [1.807, 2.05) is 6.92 Å². The van der Waals surface area contributed by atoms with Crippen LogP contribution >= 0.6 is 0 Å². The Bertz CT molecular complexity index is 521. The second-order valence-corrected chi connectivity index (χ2v) is 6.44. The number of carbonyl (C=O) groups is 1. The molecule has 2 fully saturated rings. The van der Waals surface area contributed by atoms with Gasteiger partial charge in [-0.15, -0.1) is 0 Å². The molecule has 1 N–H and O–H groups in total. The van der Waals surface area contributed by atoms with Gasteiger partial charge in [0.05, 0.1) is 11.8 Å². The van der Waals surface area contributed by atoms with E-state index in [0.717, 1.165) is 25.7 Å². The molecule has 1 saturated heterocycles. The van der Waals surface area contributed by atoms with E-state index in [9.17, 15) is 9.90 Å². The van der Waals surface area contributed by atoms with Gasteiger partial charge in [0.2, 0.25) is 11.7 Å². The second kappa shape index (κ2) is 5.40. The first kappa shape index (κ1) is 14.5. The molecule has 116 valence electrons. The molecule has 4 atom stereocenters. The summed E-state index contributed by atoms with van der Waals surface area (Å²) in [6.07, 6.45) is 4.35. The molecule has 1 saturated carbocycles. The van der Waals surface area contributed by atoms with Crippen LogP contribution in [0.25, 0.3) is 0 Å². The van der Waals surface area contributed by atoms with Crippen LogP contribution in [-0.4, -0.2) is 27.8 Å². The van der Waals surface area contributed by atoms with Gasteiger partial charge >= 0.3 is 5.97 Å². The summed E-state index contributed by atoms with van der Waals surface area (Å²) >= 11 is 0. The van der Waals surface area contributed by atoms with Crippen molar-refractivity contribution in [3.8, 4) is 0 Å². The summed E-state index contributed by atoms with van der Waals surface area (Å²) in [4.78, 5) is 15.9. The minimum absolute atomic E-state index is 0.168. The summed E-state index contributed by atoms with van der Waals surface area (Å²) < 4.78 is 11.1. The minimum atomic E-state index is -0.765. The fraction of sp³-hybridized carbons (Fsp3) is 0.800. The van der Waals surface area contributed by atoms with Crippen LogP contribution in [0, 0.1) is 11.8 Å². The van der Waals surface area contributed by atoms with Crippen molar-refractivity contribution in [3.63, 3.8) is 0 Å². The first-order valence-corrected chi connectivity index (χ1v) is 7.74. The van der Waals surface area contributed by atoms with Gasteiger partial charge in [0.25, 0.3) is 0 Å². The number of carboxylic acids is 1. The number of hydrogen-bond acceptors (Lipinski definition) is 5. The average Bonchev–Trinajstić information content (AvgIpc) is 3.17. The zero-order chi connectivity index (χ0) is 15.0. The van der Waals surface area contributed by atoms with Gasteiger partial charge in [-0.3, -0.25) is 4.79 Å². The lowest BCUT2D eigenvalue weighted by Gasteiger charge is -2.17. The van der Waals surface area contributed by atoms with Crippen molar-refractivity contribution in [3.05, 3.63) is 11.7 Å². The van der Waals surface area contributed by atoms with Gasteiger partial charge in [-0.05, 0) is 38.5 Å². The van der Waals surface area contributed by atoms with Gasteiger partial charge in [-0.1, -0.05) is 18.5 Å². The molecule has 0 amide bonds. The number of aromatic nitrogens is 2. The highest BCUT2D eigenvalue weighted by molar-refractivity contribution is 5.71.